The summed E-state index contributed by atoms with van der Waals surface area (Å²) in [6.45, 7) is 8.99. The van der Waals surface area contributed by atoms with Gasteiger partial charge in [0.15, 0.2) is 5.78 Å². The number of benzene rings is 2. The molecule has 1 unspecified atom stereocenters. The second-order valence-corrected chi connectivity index (χ2v) is 9.55. The Bertz CT molecular complexity index is 1010. The summed E-state index contributed by atoms with van der Waals surface area (Å²) in [7, 11) is 0. The molecule has 0 aromatic heterocycles. The monoisotopic (exact) mass is 438 g/mol. The van der Waals surface area contributed by atoms with E-state index in [2.05, 4.69) is 10.6 Å². The fraction of sp³-hybridized carbons (Fsp3) is 0.400. The highest BCUT2D eigenvalue weighted by Crippen LogP contribution is 2.34. The zero-order chi connectivity index (χ0) is 23.5. The largest absolute Gasteiger partial charge is 0.487 e. The minimum atomic E-state index is -0.867. The SMILES string of the molecule is CC(C)(C)OC(=O)NC(Cc1ccccc1)C(=O)Nc1ccc2c(c1)C(=O)CC(C)(C)O2. The van der Waals surface area contributed by atoms with Gasteiger partial charge < -0.3 is 20.1 Å². The van der Waals surface area contributed by atoms with Gasteiger partial charge in [0.05, 0.1) is 12.0 Å². The first-order valence-corrected chi connectivity index (χ1v) is 10.6. The summed E-state index contributed by atoms with van der Waals surface area (Å²) in [6, 6.07) is 13.5. The van der Waals surface area contributed by atoms with Gasteiger partial charge in [0.1, 0.15) is 23.0 Å². The normalized spacial score (nSPS) is 15.7. The van der Waals surface area contributed by atoms with Crippen molar-refractivity contribution >= 4 is 23.5 Å². The van der Waals surface area contributed by atoms with Crippen molar-refractivity contribution in [3.63, 3.8) is 0 Å². The van der Waals surface area contributed by atoms with E-state index >= 15 is 0 Å². The van der Waals surface area contributed by atoms with E-state index in [9.17, 15) is 14.4 Å². The molecular formula is C25H30N2O5. The molecule has 2 N–H and O–H groups in total. The van der Waals surface area contributed by atoms with Crippen molar-refractivity contribution in [1.82, 2.24) is 5.32 Å². The van der Waals surface area contributed by atoms with Crippen molar-refractivity contribution in [1.29, 1.82) is 0 Å². The van der Waals surface area contributed by atoms with E-state index in [1.54, 1.807) is 39.0 Å². The molecule has 7 nitrogen and oxygen atoms in total. The first-order chi connectivity index (χ1) is 14.9. The van der Waals surface area contributed by atoms with Gasteiger partial charge in [0.25, 0.3) is 0 Å². The lowest BCUT2D eigenvalue weighted by molar-refractivity contribution is -0.118. The van der Waals surface area contributed by atoms with Gasteiger partial charge in [0, 0.05) is 12.1 Å². The number of ketones is 1. The van der Waals surface area contributed by atoms with Crippen molar-refractivity contribution in [3.8, 4) is 5.75 Å². The molecule has 0 saturated heterocycles. The molecule has 1 aliphatic rings. The van der Waals surface area contributed by atoms with E-state index in [1.165, 1.54) is 0 Å². The molecule has 170 valence electrons. The molecule has 0 radical (unpaired) electrons. The molecule has 7 heteroatoms. The van der Waals surface area contributed by atoms with Crippen LogP contribution in [0.2, 0.25) is 0 Å². The van der Waals surface area contributed by atoms with Gasteiger partial charge >= 0.3 is 6.09 Å². The molecule has 1 heterocycles. The summed E-state index contributed by atoms with van der Waals surface area (Å²) in [5, 5.41) is 5.46. The predicted octanol–water partition coefficient (Wildman–Crippen LogP) is 4.50. The third-order valence-corrected chi connectivity index (χ3v) is 4.81. The van der Waals surface area contributed by atoms with Crippen LogP contribution in [0, 0.1) is 0 Å². The van der Waals surface area contributed by atoms with Gasteiger partial charge in [-0.25, -0.2) is 4.79 Å². The minimum absolute atomic E-state index is 0.0416. The number of amides is 2. The molecule has 32 heavy (non-hydrogen) atoms. The lowest BCUT2D eigenvalue weighted by Crippen LogP contribution is -2.47. The van der Waals surface area contributed by atoms with Crippen molar-refractivity contribution < 1.29 is 23.9 Å². The third-order valence-electron chi connectivity index (χ3n) is 4.81. The number of anilines is 1. The summed E-state index contributed by atoms with van der Waals surface area (Å²) < 4.78 is 11.2. The van der Waals surface area contributed by atoms with E-state index < -0.39 is 29.2 Å². The van der Waals surface area contributed by atoms with Crippen LogP contribution in [0.1, 0.15) is 57.0 Å². The summed E-state index contributed by atoms with van der Waals surface area (Å²) in [4.78, 5) is 37.9. The van der Waals surface area contributed by atoms with Gasteiger partial charge in [-0.2, -0.15) is 0 Å². The molecule has 0 fully saturated rings. The number of nitrogens with one attached hydrogen (secondary N) is 2. The molecule has 0 aliphatic carbocycles. The molecule has 2 amide bonds. The fourth-order valence-electron chi connectivity index (χ4n) is 3.47. The maximum atomic E-state index is 13.1. The van der Waals surface area contributed by atoms with Crippen LogP contribution in [0.4, 0.5) is 10.5 Å². The maximum absolute atomic E-state index is 13.1. The number of carbonyl (C=O) groups excluding carboxylic acids is 3. The van der Waals surface area contributed by atoms with Crippen LogP contribution >= 0.6 is 0 Å². The first-order valence-electron chi connectivity index (χ1n) is 10.6. The Kier molecular flexibility index (Phi) is 6.57. The molecule has 2 aromatic rings. The number of hydrogen-bond donors (Lipinski definition) is 2. The lowest BCUT2D eigenvalue weighted by atomic mass is 9.93. The van der Waals surface area contributed by atoms with Crippen molar-refractivity contribution in [2.75, 3.05) is 5.32 Å². The van der Waals surface area contributed by atoms with Gasteiger partial charge in [-0.1, -0.05) is 30.3 Å². The Hall–Kier alpha value is -3.35. The van der Waals surface area contributed by atoms with E-state index in [-0.39, 0.29) is 18.6 Å². The van der Waals surface area contributed by atoms with Gasteiger partial charge in [-0.15, -0.1) is 0 Å². The average Bonchev–Trinajstić information content (AvgIpc) is 2.66. The Morgan fingerprint density at radius 1 is 1.12 bits per heavy atom. The summed E-state index contributed by atoms with van der Waals surface area (Å²) in [5.41, 5.74) is 0.522. The maximum Gasteiger partial charge on any atom is 0.408 e. The number of rotatable bonds is 5. The zero-order valence-corrected chi connectivity index (χ0v) is 19.2. The second kappa shape index (κ2) is 9.02. The van der Waals surface area contributed by atoms with Crippen molar-refractivity contribution in [2.24, 2.45) is 0 Å². The molecule has 3 rings (SSSR count). The Morgan fingerprint density at radius 2 is 1.81 bits per heavy atom. The highest BCUT2D eigenvalue weighted by atomic mass is 16.6. The summed E-state index contributed by atoms with van der Waals surface area (Å²) >= 11 is 0. The molecule has 0 spiro atoms. The van der Waals surface area contributed by atoms with Crippen LogP contribution in [-0.2, 0) is 16.0 Å². The second-order valence-electron chi connectivity index (χ2n) is 9.55. The lowest BCUT2D eigenvalue weighted by Gasteiger charge is -2.31. The van der Waals surface area contributed by atoms with Gasteiger partial charge in [-0.05, 0) is 58.4 Å². The molecule has 1 aliphatic heterocycles. The number of fused-ring (bicyclic) bond motifs is 1. The summed E-state index contributed by atoms with van der Waals surface area (Å²) in [5.74, 6) is 0.0428. The molecular weight excluding hydrogens is 408 g/mol. The molecule has 0 bridgehead atoms. The van der Waals surface area contributed by atoms with Crippen LogP contribution in [0.5, 0.6) is 5.75 Å². The summed E-state index contributed by atoms with van der Waals surface area (Å²) in [6.07, 6.45) is -0.133. The average molecular weight is 439 g/mol. The van der Waals surface area contributed by atoms with Crippen LogP contribution in [-0.4, -0.2) is 35.0 Å². The van der Waals surface area contributed by atoms with Gasteiger partial charge in [-0.3, -0.25) is 9.59 Å². The predicted molar refractivity (Wildman–Crippen MR) is 122 cm³/mol. The smallest absolute Gasteiger partial charge is 0.408 e. The third kappa shape index (κ3) is 6.33. The number of ether oxygens (including phenoxy) is 2. The quantitative estimate of drug-likeness (QED) is 0.717. The van der Waals surface area contributed by atoms with Gasteiger partial charge in [0.2, 0.25) is 5.91 Å². The van der Waals surface area contributed by atoms with E-state index in [1.807, 2.05) is 44.2 Å². The highest BCUT2D eigenvalue weighted by Gasteiger charge is 2.33. The standard InChI is InChI=1S/C25H30N2O5/c1-24(2,3)32-23(30)27-19(13-16-9-7-6-8-10-16)22(29)26-17-11-12-21-18(14-17)20(28)15-25(4,5)31-21/h6-12,14,19H,13,15H2,1-5H3,(H,26,29)(H,27,30). The van der Waals surface area contributed by atoms with E-state index in [0.29, 0.717) is 17.0 Å². The topological polar surface area (TPSA) is 93.7 Å². The number of Topliss-reactive ketones (excluding diaryl/α,β-unsaturated/α-hetero) is 1. The van der Waals surface area contributed by atoms with Crippen LogP contribution in [0.15, 0.2) is 48.5 Å². The molecule has 0 saturated carbocycles. The van der Waals surface area contributed by atoms with Crippen LogP contribution < -0.4 is 15.4 Å². The highest BCUT2D eigenvalue weighted by molar-refractivity contribution is 6.03. The minimum Gasteiger partial charge on any atom is -0.487 e. The van der Waals surface area contributed by atoms with E-state index in [0.717, 1.165) is 5.56 Å². The molecule has 1 atom stereocenters. The Morgan fingerprint density at radius 3 is 2.47 bits per heavy atom. The van der Waals surface area contributed by atoms with Crippen LogP contribution in [0.25, 0.3) is 0 Å². The zero-order valence-electron chi connectivity index (χ0n) is 19.2. The Labute approximate surface area is 188 Å². The molecule has 2 aromatic carbocycles. The van der Waals surface area contributed by atoms with E-state index in [4.69, 9.17) is 9.47 Å². The fourth-order valence-corrected chi connectivity index (χ4v) is 3.47. The Balaban J connectivity index is 1.78. The number of carbonyl (C=O) groups is 3. The number of hydrogen-bond acceptors (Lipinski definition) is 5. The first kappa shape index (κ1) is 23.3. The number of alkyl carbamates (subject to hydrolysis) is 1. The van der Waals surface area contributed by atoms with Crippen LogP contribution in [0.3, 0.4) is 0 Å². The van der Waals surface area contributed by atoms with Crippen molar-refractivity contribution in [3.05, 3.63) is 59.7 Å². The van der Waals surface area contributed by atoms with Crippen molar-refractivity contribution in [2.45, 2.75) is 64.7 Å².